The number of allylic oxidation sites excluding steroid dienone is 2. The van der Waals surface area contributed by atoms with Crippen molar-refractivity contribution in [1.82, 2.24) is 9.13 Å². The van der Waals surface area contributed by atoms with Gasteiger partial charge in [-0.15, -0.1) is 18.3 Å². The van der Waals surface area contributed by atoms with Gasteiger partial charge in [-0.05, 0) is 49.9 Å². The average molecular weight is 530 g/mol. The quantitative estimate of drug-likeness (QED) is 0.198. The van der Waals surface area contributed by atoms with Crippen LogP contribution in [0.4, 0.5) is 0 Å². The van der Waals surface area contributed by atoms with Crippen molar-refractivity contribution < 1.29 is 9.53 Å². The number of rotatable bonds is 7. The first-order valence-electron chi connectivity index (χ1n) is 12.0. The lowest BCUT2D eigenvalue weighted by atomic mass is 9.96. The van der Waals surface area contributed by atoms with E-state index in [1.54, 1.807) is 30.2 Å². The van der Waals surface area contributed by atoms with Crippen LogP contribution in [-0.2, 0) is 16.1 Å². The number of fused-ring (bicyclic) bond motifs is 2. The number of ether oxygens (including phenoxy) is 1. The van der Waals surface area contributed by atoms with Crippen LogP contribution < -0.4 is 14.9 Å². The maximum atomic E-state index is 13.9. The first-order valence-corrected chi connectivity index (χ1v) is 14.0. The third-order valence-corrected chi connectivity index (χ3v) is 8.11. The van der Waals surface area contributed by atoms with Crippen molar-refractivity contribution in [3.8, 4) is 0 Å². The van der Waals surface area contributed by atoms with Crippen LogP contribution in [0.1, 0.15) is 31.0 Å². The maximum absolute atomic E-state index is 13.9. The molecule has 1 aliphatic rings. The fourth-order valence-electron chi connectivity index (χ4n) is 4.71. The Morgan fingerprint density at radius 2 is 1.97 bits per heavy atom. The molecule has 0 saturated carbocycles. The zero-order chi connectivity index (χ0) is 26.1. The number of benzene rings is 2. The van der Waals surface area contributed by atoms with E-state index in [1.807, 2.05) is 61.0 Å². The topological polar surface area (TPSA) is 65.6 Å². The molecule has 4 aromatic rings. The van der Waals surface area contributed by atoms with Crippen LogP contribution in [0.3, 0.4) is 0 Å². The van der Waals surface area contributed by atoms with E-state index in [2.05, 4.69) is 28.3 Å². The molecule has 2 aromatic carbocycles. The van der Waals surface area contributed by atoms with Gasteiger partial charge in [0.1, 0.15) is 0 Å². The molecule has 8 heteroatoms. The van der Waals surface area contributed by atoms with Crippen molar-refractivity contribution in [2.45, 2.75) is 31.3 Å². The lowest BCUT2D eigenvalue weighted by molar-refractivity contribution is -0.139. The highest BCUT2D eigenvalue weighted by Crippen LogP contribution is 2.31. The van der Waals surface area contributed by atoms with Crippen LogP contribution >= 0.6 is 23.1 Å². The van der Waals surface area contributed by atoms with Gasteiger partial charge < -0.3 is 9.30 Å². The highest BCUT2D eigenvalue weighted by Gasteiger charge is 2.33. The highest BCUT2D eigenvalue weighted by atomic mass is 32.2. The van der Waals surface area contributed by atoms with Crippen LogP contribution in [-0.4, -0.2) is 28.0 Å². The number of esters is 1. The molecular formula is C29H27N3O3S2. The molecule has 0 aliphatic carbocycles. The predicted molar refractivity (Wildman–Crippen MR) is 151 cm³/mol. The maximum Gasteiger partial charge on any atom is 0.338 e. The largest absolute Gasteiger partial charge is 0.463 e. The molecule has 2 aromatic heterocycles. The number of thiazole rings is 1. The van der Waals surface area contributed by atoms with Crippen LogP contribution in [0.15, 0.2) is 93.3 Å². The van der Waals surface area contributed by atoms with Gasteiger partial charge in [-0.25, -0.2) is 9.79 Å². The first-order chi connectivity index (χ1) is 18.0. The zero-order valence-corrected chi connectivity index (χ0v) is 22.6. The predicted octanol–water partition coefficient (Wildman–Crippen LogP) is 4.66. The Morgan fingerprint density at radius 1 is 1.22 bits per heavy atom. The van der Waals surface area contributed by atoms with Gasteiger partial charge in [0, 0.05) is 34.1 Å². The zero-order valence-electron chi connectivity index (χ0n) is 20.9. The smallest absolute Gasteiger partial charge is 0.338 e. The van der Waals surface area contributed by atoms with Crippen molar-refractivity contribution >= 4 is 46.0 Å². The molecule has 0 radical (unpaired) electrons. The summed E-state index contributed by atoms with van der Waals surface area (Å²) in [5, 5.41) is 1.06. The Morgan fingerprint density at radius 3 is 2.68 bits per heavy atom. The van der Waals surface area contributed by atoms with E-state index in [9.17, 15) is 9.59 Å². The Labute approximate surface area is 222 Å². The van der Waals surface area contributed by atoms with Gasteiger partial charge in [-0.2, -0.15) is 0 Å². The molecule has 1 aliphatic heterocycles. The second-order valence-corrected chi connectivity index (χ2v) is 10.5. The molecule has 1 atom stereocenters. The lowest BCUT2D eigenvalue weighted by Gasteiger charge is -2.24. The fourth-order valence-corrected chi connectivity index (χ4v) is 6.16. The fraction of sp³-hybridized carbons (Fsp3) is 0.207. The number of para-hydroxylation sites is 1. The molecule has 0 fully saturated rings. The van der Waals surface area contributed by atoms with Crippen molar-refractivity contribution in [3.63, 3.8) is 0 Å². The summed E-state index contributed by atoms with van der Waals surface area (Å²) in [5.74, 6) is -0.454. The molecule has 37 heavy (non-hydrogen) atoms. The monoisotopic (exact) mass is 529 g/mol. The van der Waals surface area contributed by atoms with E-state index < -0.39 is 12.0 Å². The molecule has 188 valence electrons. The van der Waals surface area contributed by atoms with E-state index >= 15 is 0 Å². The third kappa shape index (κ3) is 4.51. The molecule has 0 bridgehead atoms. The number of hydrogen-bond donors (Lipinski definition) is 0. The summed E-state index contributed by atoms with van der Waals surface area (Å²) < 4.78 is 9.69. The molecule has 0 amide bonds. The minimum atomic E-state index is -0.615. The molecule has 0 spiro atoms. The Kier molecular flexibility index (Phi) is 7.04. The summed E-state index contributed by atoms with van der Waals surface area (Å²) >= 11 is 2.97. The molecule has 0 saturated heterocycles. The Bertz CT molecular complexity index is 1720. The van der Waals surface area contributed by atoms with Crippen LogP contribution in [0.5, 0.6) is 0 Å². The second kappa shape index (κ2) is 10.4. The van der Waals surface area contributed by atoms with Crippen molar-refractivity contribution in [2.24, 2.45) is 4.99 Å². The van der Waals surface area contributed by atoms with Crippen molar-refractivity contribution in [3.05, 3.63) is 109 Å². The standard InChI is InChI=1S/C29H27N3O3S2/c1-5-15-31-17-20(22-9-7-8-10-23(22)31)16-24-27(33)32-26(19-11-13-21(36-4)14-12-19)25(28(34)35-6-2)18(3)30-29(32)37-24/h5,7-14,16-17,26H,1,6,15H2,2-4H3/t26-/m0/s1. The molecule has 6 nitrogen and oxygen atoms in total. The second-order valence-electron chi connectivity index (χ2n) is 8.62. The molecule has 0 N–H and O–H groups in total. The van der Waals surface area contributed by atoms with Crippen molar-refractivity contribution in [2.75, 3.05) is 12.9 Å². The molecular weight excluding hydrogens is 502 g/mol. The highest BCUT2D eigenvalue weighted by molar-refractivity contribution is 7.98. The number of carbonyl (C=O) groups excluding carboxylic acids is 1. The average Bonchev–Trinajstić information content (AvgIpc) is 3.40. The Hall–Kier alpha value is -3.62. The minimum absolute atomic E-state index is 0.183. The molecule has 5 rings (SSSR count). The van der Waals surface area contributed by atoms with E-state index in [4.69, 9.17) is 4.74 Å². The van der Waals surface area contributed by atoms with E-state index in [0.29, 0.717) is 27.1 Å². The van der Waals surface area contributed by atoms with Crippen LogP contribution in [0.25, 0.3) is 17.0 Å². The van der Waals surface area contributed by atoms with Crippen molar-refractivity contribution in [1.29, 1.82) is 0 Å². The summed E-state index contributed by atoms with van der Waals surface area (Å²) in [5.41, 5.74) is 3.63. The number of nitrogens with zero attached hydrogens (tertiary/aromatic N) is 3. The number of aromatic nitrogens is 2. The summed E-state index contributed by atoms with van der Waals surface area (Å²) in [6, 6.07) is 15.4. The minimum Gasteiger partial charge on any atom is -0.463 e. The van der Waals surface area contributed by atoms with Gasteiger partial charge in [0.15, 0.2) is 4.80 Å². The SMILES string of the molecule is C=CCn1cc(C=c2sc3n(c2=O)[C@@H](c2ccc(SC)cc2)C(C(=O)OCC)=C(C)N=3)c2ccccc21. The summed E-state index contributed by atoms with van der Waals surface area (Å²) in [6.07, 6.45) is 7.83. The number of carbonyl (C=O) groups is 1. The molecule has 3 heterocycles. The molecule has 0 unspecified atom stereocenters. The lowest BCUT2D eigenvalue weighted by Crippen LogP contribution is -2.39. The van der Waals surface area contributed by atoms with Gasteiger partial charge in [-0.3, -0.25) is 9.36 Å². The summed E-state index contributed by atoms with van der Waals surface area (Å²) in [7, 11) is 0. The number of thioether (sulfide) groups is 1. The van der Waals surface area contributed by atoms with E-state index in [0.717, 1.165) is 26.9 Å². The van der Waals surface area contributed by atoms with E-state index in [1.165, 1.54) is 11.3 Å². The van der Waals surface area contributed by atoms with Crippen LogP contribution in [0.2, 0.25) is 0 Å². The number of hydrogen-bond acceptors (Lipinski definition) is 6. The van der Waals surface area contributed by atoms with Gasteiger partial charge in [0.25, 0.3) is 5.56 Å². The van der Waals surface area contributed by atoms with Gasteiger partial charge >= 0.3 is 5.97 Å². The van der Waals surface area contributed by atoms with Gasteiger partial charge in [0.05, 0.1) is 28.5 Å². The normalized spacial score (nSPS) is 15.5. The summed E-state index contributed by atoms with van der Waals surface area (Å²) in [6.45, 7) is 8.35. The van der Waals surface area contributed by atoms with Gasteiger partial charge in [0.2, 0.25) is 0 Å². The first kappa shape index (κ1) is 25.0. The van der Waals surface area contributed by atoms with Gasteiger partial charge in [-0.1, -0.05) is 47.7 Å². The summed E-state index contributed by atoms with van der Waals surface area (Å²) in [4.78, 5) is 33.3. The van der Waals surface area contributed by atoms with E-state index in [-0.39, 0.29) is 12.2 Å². The Balaban J connectivity index is 1.73. The van der Waals surface area contributed by atoms with Crippen LogP contribution in [0, 0.1) is 0 Å². The third-order valence-electron chi connectivity index (χ3n) is 6.38.